The Morgan fingerprint density at radius 1 is 1.12 bits per heavy atom. The Morgan fingerprint density at radius 2 is 1.88 bits per heavy atom. The highest BCUT2D eigenvalue weighted by Gasteiger charge is 2.27. The first-order valence-corrected chi connectivity index (χ1v) is 13.8. The minimum absolute atomic E-state index is 0.0756. The van der Waals surface area contributed by atoms with E-state index in [1.807, 2.05) is 27.7 Å². The van der Waals surface area contributed by atoms with Crippen LogP contribution in [0.4, 0.5) is 4.39 Å². The number of benzene rings is 2. The van der Waals surface area contributed by atoms with E-state index in [2.05, 4.69) is 5.32 Å². The second-order valence-corrected chi connectivity index (χ2v) is 10.6. The Hall–Kier alpha value is -3.65. The van der Waals surface area contributed by atoms with Gasteiger partial charge < -0.3 is 19.7 Å². The number of aliphatic carboxylic acids is 1. The summed E-state index contributed by atoms with van der Waals surface area (Å²) in [4.78, 5) is 39.1. The zero-order valence-electron chi connectivity index (χ0n) is 23.2. The number of rotatable bonds is 13. The molecule has 9 heteroatoms. The van der Waals surface area contributed by atoms with Gasteiger partial charge >= 0.3 is 5.97 Å². The molecular weight excluding hydrogens is 535 g/mol. The molecule has 2 aromatic carbocycles. The van der Waals surface area contributed by atoms with E-state index in [1.54, 1.807) is 42.6 Å². The second kappa shape index (κ2) is 14.1. The fourth-order valence-corrected chi connectivity index (χ4v) is 4.85. The molecule has 7 nitrogen and oxygen atoms in total. The van der Waals surface area contributed by atoms with Crippen molar-refractivity contribution in [2.24, 2.45) is 0 Å². The predicted molar refractivity (Wildman–Crippen MR) is 154 cm³/mol. The van der Waals surface area contributed by atoms with Gasteiger partial charge in [-0.3, -0.25) is 14.4 Å². The van der Waals surface area contributed by atoms with Crippen molar-refractivity contribution in [3.8, 4) is 5.75 Å². The number of nitrogens with zero attached hydrogens (tertiary/aromatic N) is 1. The van der Waals surface area contributed by atoms with E-state index in [-0.39, 0.29) is 29.5 Å². The molecule has 0 bridgehead atoms. The third kappa shape index (κ3) is 8.42. The van der Waals surface area contributed by atoms with E-state index < -0.39 is 29.8 Å². The van der Waals surface area contributed by atoms with Crippen molar-refractivity contribution < 1.29 is 23.8 Å². The Morgan fingerprint density at radius 3 is 2.52 bits per heavy atom. The molecule has 0 saturated heterocycles. The van der Waals surface area contributed by atoms with E-state index in [1.165, 1.54) is 16.7 Å². The van der Waals surface area contributed by atoms with E-state index >= 15 is 0 Å². The number of hydrogen-bond donors (Lipinski definition) is 2. The minimum atomic E-state index is -1.07. The molecule has 0 spiro atoms. The third-order valence-electron chi connectivity index (χ3n) is 6.45. The fourth-order valence-electron chi connectivity index (χ4n) is 4.61. The number of carbonyl (C=O) groups excluding carboxylic acids is 1. The lowest BCUT2D eigenvalue weighted by molar-refractivity contribution is -0.138. The lowest BCUT2D eigenvalue weighted by Gasteiger charge is -2.25. The van der Waals surface area contributed by atoms with Crippen LogP contribution in [-0.4, -0.2) is 27.7 Å². The molecule has 0 radical (unpaired) electrons. The maximum atomic E-state index is 13.7. The summed E-state index contributed by atoms with van der Waals surface area (Å²) in [6.45, 7) is 7.59. The minimum Gasteiger partial charge on any atom is -0.491 e. The van der Waals surface area contributed by atoms with Gasteiger partial charge in [-0.2, -0.15) is 0 Å². The topological polar surface area (TPSA) is 97.6 Å². The molecule has 214 valence electrons. The monoisotopic (exact) mass is 570 g/mol. The first-order chi connectivity index (χ1) is 19.0. The molecular formula is C31H36ClFN2O5. The van der Waals surface area contributed by atoms with Crippen LogP contribution >= 0.6 is 11.6 Å². The molecule has 2 atom stereocenters. The quantitative estimate of drug-likeness (QED) is 0.248. The highest BCUT2D eigenvalue weighted by Crippen LogP contribution is 2.25. The fraction of sp³-hybridized carbons (Fsp3) is 0.387. The van der Waals surface area contributed by atoms with Gasteiger partial charge in [0.25, 0.3) is 5.56 Å². The van der Waals surface area contributed by atoms with E-state index in [0.717, 1.165) is 12.0 Å². The molecule has 1 aromatic heterocycles. The summed E-state index contributed by atoms with van der Waals surface area (Å²) in [5.74, 6) is -1.42. The van der Waals surface area contributed by atoms with Gasteiger partial charge in [-0.15, -0.1) is 0 Å². The van der Waals surface area contributed by atoms with Crippen LogP contribution in [0.3, 0.4) is 0 Å². The summed E-state index contributed by atoms with van der Waals surface area (Å²) in [5, 5.41) is 12.7. The summed E-state index contributed by atoms with van der Waals surface area (Å²) in [5.41, 5.74) is 2.01. The van der Waals surface area contributed by atoms with Crippen LogP contribution in [0, 0.1) is 12.7 Å². The van der Waals surface area contributed by atoms with Gasteiger partial charge in [0.2, 0.25) is 5.91 Å². The lowest BCUT2D eigenvalue weighted by Crippen LogP contribution is -2.40. The number of pyridine rings is 1. The van der Waals surface area contributed by atoms with Crippen LogP contribution in [0.25, 0.3) is 0 Å². The number of carboxylic acids is 1. The van der Waals surface area contributed by atoms with Gasteiger partial charge in [-0.1, -0.05) is 49.6 Å². The van der Waals surface area contributed by atoms with Crippen molar-refractivity contribution in [3.05, 3.63) is 98.2 Å². The van der Waals surface area contributed by atoms with Crippen molar-refractivity contribution in [1.82, 2.24) is 9.88 Å². The Bertz CT molecular complexity index is 1400. The van der Waals surface area contributed by atoms with Crippen LogP contribution < -0.4 is 15.6 Å². The second-order valence-electron chi connectivity index (χ2n) is 10.2. The van der Waals surface area contributed by atoms with Crippen molar-refractivity contribution in [3.63, 3.8) is 0 Å². The number of nitrogens with one attached hydrogen (secondary N) is 1. The molecule has 1 amide bonds. The molecule has 1 unspecified atom stereocenters. The predicted octanol–water partition coefficient (Wildman–Crippen LogP) is 6.39. The molecule has 0 saturated carbocycles. The number of carboxylic acid groups (broad SMARTS) is 1. The van der Waals surface area contributed by atoms with Crippen molar-refractivity contribution in [2.75, 3.05) is 0 Å². The third-order valence-corrected chi connectivity index (χ3v) is 6.80. The highest BCUT2D eigenvalue weighted by molar-refractivity contribution is 6.31. The number of aryl methyl sites for hydroxylation is 1. The number of ether oxygens (including phenoxy) is 1. The maximum absolute atomic E-state index is 13.7. The standard InChI is InChI=1S/C31H36ClFN2O5/c1-5-6-10-28(30(38)34-27(17-29(36)37)22-8-7-9-25(15-22)40-19(2)3)35-18-20(4)13-23(31(35)39)14-21-11-12-24(33)16-26(21)32/h7-9,11-13,15-16,18-19,27-28H,5-6,10,14,17H2,1-4H3,(H,34,38)(H,36,37)/t27-,28?/m0/s1. The molecule has 0 aliphatic carbocycles. The summed E-state index contributed by atoms with van der Waals surface area (Å²) in [7, 11) is 0. The zero-order valence-corrected chi connectivity index (χ0v) is 24.0. The van der Waals surface area contributed by atoms with E-state index in [4.69, 9.17) is 16.3 Å². The average Bonchev–Trinajstić information content (AvgIpc) is 2.87. The largest absolute Gasteiger partial charge is 0.491 e. The first kappa shape index (κ1) is 30.9. The van der Waals surface area contributed by atoms with E-state index in [9.17, 15) is 23.9 Å². The lowest BCUT2D eigenvalue weighted by atomic mass is 10.0. The van der Waals surface area contributed by atoms with Gasteiger partial charge in [0, 0.05) is 23.2 Å². The SMILES string of the molecule is CCCCC(C(=O)N[C@@H](CC(=O)O)c1cccc(OC(C)C)c1)n1cc(C)cc(Cc2ccc(F)cc2Cl)c1=O. The van der Waals surface area contributed by atoms with Gasteiger partial charge in [0.1, 0.15) is 17.6 Å². The van der Waals surface area contributed by atoms with Crippen molar-refractivity contribution in [1.29, 1.82) is 0 Å². The molecule has 40 heavy (non-hydrogen) atoms. The van der Waals surface area contributed by atoms with Crippen LogP contribution in [0.1, 0.15) is 80.8 Å². The number of carbonyl (C=O) groups is 2. The van der Waals surface area contributed by atoms with Crippen molar-refractivity contribution in [2.45, 2.75) is 78.0 Å². The molecule has 3 aromatic rings. The van der Waals surface area contributed by atoms with Gasteiger partial charge in [-0.25, -0.2) is 4.39 Å². The maximum Gasteiger partial charge on any atom is 0.305 e. The highest BCUT2D eigenvalue weighted by atomic mass is 35.5. The number of aromatic nitrogens is 1. The Labute approximate surface area is 238 Å². The molecule has 1 heterocycles. The molecule has 0 aliphatic rings. The molecule has 0 aliphatic heterocycles. The summed E-state index contributed by atoms with van der Waals surface area (Å²) >= 11 is 6.22. The van der Waals surface area contributed by atoms with Crippen LogP contribution in [0.15, 0.2) is 59.5 Å². The number of hydrogen-bond acceptors (Lipinski definition) is 4. The first-order valence-electron chi connectivity index (χ1n) is 13.4. The average molecular weight is 571 g/mol. The Balaban J connectivity index is 1.97. The smallest absolute Gasteiger partial charge is 0.305 e. The summed E-state index contributed by atoms with van der Waals surface area (Å²) < 4.78 is 20.7. The normalized spacial score (nSPS) is 12.7. The van der Waals surface area contributed by atoms with E-state index in [0.29, 0.717) is 35.3 Å². The van der Waals surface area contributed by atoms with Gasteiger partial charge in [-0.05, 0) is 74.2 Å². The molecule has 0 fully saturated rings. The van der Waals surface area contributed by atoms with Gasteiger partial charge in [0.05, 0.1) is 18.6 Å². The zero-order chi connectivity index (χ0) is 29.4. The van der Waals surface area contributed by atoms with Crippen LogP contribution in [0.5, 0.6) is 5.75 Å². The Kier molecular flexibility index (Phi) is 10.9. The summed E-state index contributed by atoms with van der Waals surface area (Å²) in [6.07, 6.45) is 3.27. The summed E-state index contributed by atoms with van der Waals surface area (Å²) in [6, 6.07) is 11.1. The van der Waals surface area contributed by atoms with Crippen LogP contribution in [0.2, 0.25) is 5.02 Å². The van der Waals surface area contributed by atoms with Crippen molar-refractivity contribution >= 4 is 23.5 Å². The van der Waals surface area contributed by atoms with Crippen LogP contribution in [-0.2, 0) is 16.0 Å². The number of amides is 1. The number of halogens is 2. The van der Waals surface area contributed by atoms with Gasteiger partial charge in [0.15, 0.2) is 0 Å². The molecule has 2 N–H and O–H groups in total. The number of unbranched alkanes of at least 4 members (excludes halogenated alkanes) is 1. The molecule has 3 rings (SSSR count).